The van der Waals surface area contributed by atoms with Gasteiger partial charge in [-0.3, -0.25) is 14.7 Å². The van der Waals surface area contributed by atoms with Crippen LogP contribution in [0.4, 0.5) is 0 Å². The number of nitrogens with zero attached hydrogens (tertiary/aromatic N) is 2. The third-order valence-electron chi connectivity index (χ3n) is 3.34. The van der Waals surface area contributed by atoms with E-state index in [4.69, 9.17) is 10.8 Å². The molecule has 0 spiro atoms. The minimum absolute atomic E-state index is 0.164. The Morgan fingerprint density at radius 3 is 2.94 bits per heavy atom. The number of aromatic hydroxyl groups is 1. The molecule has 3 N–H and O–H groups in total. The molecule has 1 unspecified atom stereocenters. The van der Waals surface area contributed by atoms with E-state index in [-0.39, 0.29) is 11.7 Å². The lowest BCUT2D eigenvalue weighted by Gasteiger charge is -2.20. The summed E-state index contributed by atoms with van der Waals surface area (Å²) in [4.78, 5) is 17.6. The van der Waals surface area contributed by atoms with E-state index in [2.05, 4.69) is 9.88 Å². The van der Waals surface area contributed by atoms with Gasteiger partial charge in [-0.2, -0.15) is 0 Å². The number of carbonyl (C=O) groups excluding carboxylic acids is 1. The van der Waals surface area contributed by atoms with Gasteiger partial charge >= 0.3 is 0 Å². The molecule has 1 aliphatic heterocycles. The summed E-state index contributed by atoms with van der Waals surface area (Å²) in [6.07, 6.45) is 2.22. The Kier molecular flexibility index (Phi) is 3.02. The predicted molar refractivity (Wildman–Crippen MR) is 63.1 cm³/mol. The van der Waals surface area contributed by atoms with Gasteiger partial charge in [-0.25, -0.2) is 0 Å². The number of rotatable bonds is 3. The lowest BCUT2D eigenvalue weighted by Crippen LogP contribution is -2.37. The van der Waals surface area contributed by atoms with Gasteiger partial charge in [0, 0.05) is 13.1 Å². The van der Waals surface area contributed by atoms with Crippen molar-refractivity contribution in [3.63, 3.8) is 0 Å². The van der Waals surface area contributed by atoms with Crippen molar-refractivity contribution in [2.75, 3.05) is 13.1 Å². The average molecular weight is 235 g/mol. The first kappa shape index (κ1) is 11.9. The van der Waals surface area contributed by atoms with Crippen LogP contribution in [0, 0.1) is 5.41 Å². The standard InChI is InChI=1S/C12H17N3O2/c1-12(11(13)17)4-5-15(8-12)7-9-2-3-10(16)6-14-9/h2-3,6,16H,4-5,7-8H2,1H3,(H2,13,17). The molecule has 0 aliphatic carbocycles. The largest absolute Gasteiger partial charge is 0.506 e. The van der Waals surface area contributed by atoms with Crippen LogP contribution in [0.25, 0.3) is 0 Å². The fourth-order valence-electron chi connectivity index (χ4n) is 2.13. The highest BCUT2D eigenvalue weighted by Crippen LogP contribution is 2.30. The van der Waals surface area contributed by atoms with Gasteiger partial charge in [0.2, 0.25) is 5.91 Å². The topological polar surface area (TPSA) is 79.5 Å². The summed E-state index contributed by atoms with van der Waals surface area (Å²) in [6.45, 7) is 4.11. The van der Waals surface area contributed by atoms with Crippen LogP contribution in [0.3, 0.4) is 0 Å². The number of aromatic nitrogens is 1. The molecule has 1 fully saturated rings. The molecule has 1 atom stereocenters. The Morgan fingerprint density at radius 1 is 1.65 bits per heavy atom. The third-order valence-corrected chi connectivity index (χ3v) is 3.34. The summed E-state index contributed by atoms with van der Waals surface area (Å²) in [7, 11) is 0. The van der Waals surface area contributed by atoms with Crippen molar-refractivity contribution < 1.29 is 9.90 Å². The maximum atomic E-state index is 11.3. The van der Waals surface area contributed by atoms with Gasteiger partial charge in [0.25, 0.3) is 0 Å². The molecule has 1 aromatic rings. The van der Waals surface area contributed by atoms with Crippen molar-refractivity contribution in [2.45, 2.75) is 19.9 Å². The molecule has 1 aliphatic rings. The maximum Gasteiger partial charge on any atom is 0.224 e. The first-order valence-electron chi connectivity index (χ1n) is 5.66. The predicted octanol–water partition coefficient (Wildman–Crippen LogP) is 0.484. The molecule has 2 rings (SSSR count). The molecule has 5 heteroatoms. The molecule has 17 heavy (non-hydrogen) atoms. The van der Waals surface area contributed by atoms with Crippen LogP contribution < -0.4 is 5.73 Å². The van der Waals surface area contributed by atoms with Crippen molar-refractivity contribution in [3.05, 3.63) is 24.0 Å². The van der Waals surface area contributed by atoms with E-state index in [0.717, 1.165) is 18.7 Å². The SMILES string of the molecule is CC1(C(N)=O)CCN(Cc2ccc(O)cn2)C1. The normalized spacial score (nSPS) is 25.0. The molecule has 0 aromatic carbocycles. The van der Waals surface area contributed by atoms with Crippen LogP contribution in [0.5, 0.6) is 5.75 Å². The second kappa shape index (κ2) is 4.33. The lowest BCUT2D eigenvalue weighted by molar-refractivity contribution is -0.126. The number of carbonyl (C=O) groups is 1. The molecular weight excluding hydrogens is 218 g/mol. The number of nitrogens with two attached hydrogens (primary N) is 1. The van der Waals surface area contributed by atoms with E-state index in [9.17, 15) is 4.79 Å². The van der Waals surface area contributed by atoms with Gasteiger partial charge < -0.3 is 10.8 Å². The second-order valence-electron chi connectivity index (χ2n) is 4.89. The summed E-state index contributed by atoms with van der Waals surface area (Å²) < 4.78 is 0. The Morgan fingerprint density at radius 2 is 2.41 bits per heavy atom. The zero-order chi connectivity index (χ0) is 12.5. The summed E-state index contributed by atoms with van der Waals surface area (Å²) in [5, 5.41) is 9.14. The summed E-state index contributed by atoms with van der Waals surface area (Å²) in [6, 6.07) is 3.40. The number of pyridine rings is 1. The summed E-state index contributed by atoms with van der Waals surface area (Å²) in [5.41, 5.74) is 5.86. The van der Waals surface area contributed by atoms with E-state index in [1.807, 2.05) is 6.92 Å². The molecule has 0 saturated carbocycles. The highest BCUT2D eigenvalue weighted by atomic mass is 16.3. The van der Waals surface area contributed by atoms with Crippen molar-refractivity contribution in [1.29, 1.82) is 0 Å². The fourth-order valence-corrected chi connectivity index (χ4v) is 2.13. The third kappa shape index (κ3) is 2.55. The van der Waals surface area contributed by atoms with Crippen LogP contribution in [-0.4, -0.2) is 34.0 Å². The Labute approximate surface area is 100 Å². The van der Waals surface area contributed by atoms with Gasteiger partial charge in [-0.05, 0) is 32.0 Å². The van der Waals surface area contributed by atoms with Crippen LogP contribution in [0.1, 0.15) is 19.0 Å². The Balaban J connectivity index is 1.98. The van der Waals surface area contributed by atoms with E-state index in [1.165, 1.54) is 6.20 Å². The first-order chi connectivity index (χ1) is 7.99. The van der Waals surface area contributed by atoms with Crippen molar-refractivity contribution in [1.82, 2.24) is 9.88 Å². The van der Waals surface area contributed by atoms with Gasteiger partial charge in [-0.1, -0.05) is 0 Å². The number of hydrogen-bond donors (Lipinski definition) is 2. The van der Waals surface area contributed by atoms with E-state index < -0.39 is 5.41 Å². The van der Waals surface area contributed by atoms with Gasteiger partial charge in [0.15, 0.2) is 0 Å². The quantitative estimate of drug-likeness (QED) is 0.798. The Bertz CT molecular complexity index is 418. The molecular formula is C12H17N3O2. The molecule has 0 radical (unpaired) electrons. The molecule has 1 amide bonds. The van der Waals surface area contributed by atoms with Crippen molar-refractivity contribution >= 4 is 5.91 Å². The zero-order valence-corrected chi connectivity index (χ0v) is 9.89. The van der Waals surface area contributed by atoms with Gasteiger partial charge in [0.1, 0.15) is 5.75 Å². The van der Waals surface area contributed by atoms with Crippen LogP contribution in [0.2, 0.25) is 0 Å². The number of hydrogen-bond acceptors (Lipinski definition) is 4. The molecule has 1 aromatic heterocycles. The fraction of sp³-hybridized carbons (Fsp3) is 0.500. The van der Waals surface area contributed by atoms with Crippen molar-refractivity contribution in [3.8, 4) is 5.75 Å². The zero-order valence-electron chi connectivity index (χ0n) is 9.89. The molecule has 92 valence electrons. The first-order valence-corrected chi connectivity index (χ1v) is 5.66. The minimum atomic E-state index is -0.420. The van der Waals surface area contributed by atoms with E-state index >= 15 is 0 Å². The van der Waals surface area contributed by atoms with Crippen molar-refractivity contribution in [2.24, 2.45) is 11.1 Å². The van der Waals surface area contributed by atoms with Crippen LogP contribution >= 0.6 is 0 Å². The molecule has 2 heterocycles. The Hall–Kier alpha value is -1.62. The van der Waals surface area contributed by atoms with Gasteiger partial charge in [-0.15, -0.1) is 0 Å². The minimum Gasteiger partial charge on any atom is -0.506 e. The van der Waals surface area contributed by atoms with Gasteiger partial charge in [0.05, 0.1) is 17.3 Å². The van der Waals surface area contributed by atoms with E-state index in [0.29, 0.717) is 13.1 Å². The van der Waals surface area contributed by atoms with Crippen LogP contribution in [0.15, 0.2) is 18.3 Å². The number of likely N-dealkylation sites (tertiary alicyclic amines) is 1. The second-order valence-corrected chi connectivity index (χ2v) is 4.89. The number of amides is 1. The van der Waals surface area contributed by atoms with Crippen LogP contribution in [-0.2, 0) is 11.3 Å². The highest BCUT2D eigenvalue weighted by molar-refractivity contribution is 5.81. The maximum absolute atomic E-state index is 11.3. The molecule has 1 saturated heterocycles. The number of primary amides is 1. The van der Waals surface area contributed by atoms with E-state index in [1.54, 1.807) is 12.1 Å². The summed E-state index contributed by atoms with van der Waals surface area (Å²) >= 11 is 0. The molecule has 0 bridgehead atoms. The molecule has 5 nitrogen and oxygen atoms in total. The monoisotopic (exact) mass is 235 g/mol. The highest BCUT2D eigenvalue weighted by Gasteiger charge is 2.38. The summed E-state index contributed by atoms with van der Waals surface area (Å²) in [5.74, 6) is -0.0733. The smallest absolute Gasteiger partial charge is 0.224 e. The lowest BCUT2D eigenvalue weighted by atomic mass is 9.89. The average Bonchev–Trinajstić information content (AvgIpc) is 2.65.